The highest BCUT2D eigenvalue weighted by molar-refractivity contribution is 5.84. The van der Waals surface area contributed by atoms with E-state index in [1.54, 1.807) is 24.3 Å². The Morgan fingerprint density at radius 3 is 1.97 bits per heavy atom. The number of unbranched alkanes of at least 4 members (excludes halogenated alkanes) is 9. The van der Waals surface area contributed by atoms with E-state index in [1.165, 1.54) is 64.2 Å². The maximum Gasteiger partial charge on any atom is 0.449 e. The van der Waals surface area contributed by atoms with Crippen LogP contribution in [0.1, 0.15) is 83.1 Å². The van der Waals surface area contributed by atoms with Crippen LogP contribution >= 0.6 is 0 Å². The number of halogens is 3. The van der Waals surface area contributed by atoms with Gasteiger partial charge in [-0.1, -0.05) is 76.8 Å². The molecule has 0 fully saturated rings. The molecule has 1 aromatic carbocycles. The molecule has 0 atom stereocenters. The number of aryl methyl sites for hydroxylation is 1. The van der Waals surface area contributed by atoms with Crippen molar-refractivity contribution in [2.75, 3.05) is 26.7 Å². The summed E-state index contributed by atoms with van der Waals surface area (Å²) in [7, 11) is 2.10. The van der Waals surface area contributed by atoms with Gasteiger partial charge in [0.15, 0.2) is 0 Å². The van der Waals surface area contributed by atoms with Crippen molar-refractivity contribution in [3.05, 3.63) is 29.8 Å². The highest BCUT2D eigenvalue weighted by Crippen LogP contribution is 2.20. The number of ether oxygens (including phenoxy) is 1. The van der Waals surface area contributed by atoms with Gasteiger partial charge < -0.3 is 9.64 Å². The third kappa shape index (κ3) is 14.2. The lowest BCUT2D eigenvalue weighted by Crippen LogP contribution is -2.25. The van der Waals surface area contributed by atoms with Crippen LogP contribution in [-0.4, -0.2) is 43.6 Å². The van der Waals surface area contributed by atoms with E-state index in [4.69, 9.17) is 4.74 Å². The average molecular weight is 444 g/mol. The summed E-state index contributed by atoms with van der Waals surface area (Å²) in [5.74, 6) is -0.989. The summed E-state index contributed by atoms with van der Waals surface area (Å²) in [6.45, 7) is 4.71. The van der Waals surface area contributed by atoms with E-state index < -0.39 is 18.4 Å². The number of hydrogen-bond acceptors (Lipinski definition) is 3. The number of ketones is 1. The molecule has 0 bridgehead atoms. The molecule has 0 aliphatic rings. The topological polar surface area (TPSA) is 29.5 Å². The first kappa shape index (κ1) is 27.5. The van der Waals surface area contributed by atoms with Crippen molar-refractivity contribution >= 4 is 5.78 Å². The van der Waals surface area contributed by atoms with Gasteiger partial charge >= 0.3 is 6.18 Å². The van der Waals surface area contributed by atoms with Gasteiger partial charge in [-0.05, 0) is 44.1 Å². The van der Waals surface area contributed by atoms with Crippen LogP contribution in [0.25, 0.3) is 0 Å². The first-order valence-electron chi connectivity index (χ1n) is 11.8. The summed E-state index contributed by atoms with van der Waals surface area (Å²) in [6, 6.07) is 6.92. The van der Waals surface area contributed by atoms with Crippen molar-refractivity contribution < 1.29 is 22.7 Å². The molecule has 0 aliphatic heterocycles. The zero-order chi connectivity index (χ0) is 23.0. The summed E-state index contributed by atoms with van der Waals surface area (Å²) in [4.78, 5) is 13.2. The standard InChI is InChI=1S/C25H40F3NO2/c1-3-4-5-6-7-8-9-10-11-12-19-29(2)20-21-31-23-16-13-22(14-17-23)15-18-24(30)25(26,27)28/h13-14,16-17H,3-12,15,18-21H2,1-2H3. The van der Waals surface area contributed by atoms with Gasteiger partial charge in [-0.2, -0.15) is 13.2 Å². The highest BCUT2D eigenvalue weighted by Gasteiger charge is 2.37. The number of alkyl halides is 3. The quantitative estimate of drug-likeness (QED) is 0.229. The zero-order valence-electron chi connectivity index (χ0n) is 19.3. The van der Waals surface area contributed by atoms with Crippen molar-refractivity contribution in [1.82, 2.24) is 4.90 Å². The molecule has 0 saturated heterocycles. The molecule has 178 valence electrons. The van der Waals surface area contributed by atoms with Crippen molar-refractivity contribution in [2.24, 2.45) is 0 Å². The summed E-state index contributed by atoms with van der Waals surface area (Å²) < 4.78 is 42.4. The lowest BCUT2D eigenvalue weighted by atomic mass is 10.1. The minimum Gasteiger partial charge on any atom is -0.492 e. The number of hydrogen-bond donors (Lipinski definition) is 0. The Labute approximate surface area is 186 Å². The fraction of sp³-hybridized carbons (Fsp3) is 0.720. The summed E-state index contributed by atoms with van der Waals surface area (Å²) in [5, 5.41) is 0. The Balaban J connectivity index is 2.05. The van der Waals surface area contributed by atoms with Crippen molar-refractivity contribution in [3.8, 4) is 5.75 Å². The molecule has 0 N–H and O–H groups in total. The molecular weight excluding hydrogens is 403 g/mol. The maximum absolute atomic E-state index is 12.2. The van der Waals surface area contributed by atoms with Crippen LogP contribution < -0.4 is 4.74 Å². The fourth-order valence-corrected chi connectivity index (χ4v) is 3.45. The summed E-state index contributed by atoms with van der Waals surface area (Å²) in [5.41, 5.74) is 0.697. The first-order valence-corrected chi connectivity index (χ1v) is 11.8. The second-order valence-corrected chi connectivity index (χ2v) is 8.40. The molecule has 0 unspecified atom stereocenters. The molecular formula is C25H40F3NO2. The minimum absolute atomic E-state index is 0.0835. The van der Waals surface area contributed by atoms with Crippen LogP contribution in [0.5, 0.6) is 5.75 Å². The van der Waals surface area contributed by atoms with Gasteiger partial charge in [0, 0.05) is 13.0 Å². The maximum atomic E-state index is 12.2. The van der Waals surface area contributed by atoms with Gasteiger partial charge in [-0.3, -0.25) is 4.79 Å². The molecule has 0 heterocycles. The number of nitrogens with zero attached hydrogens (tertiary/aromatic N) is 1. The van der Waals surface area contributed by atoms with Gasteiger partial charge in [0.1, 0.15) is 12.4 Å². The van der Waals surface area contributed by atoms with Crippen LogP contribution in [0.3, 0.4) is 0 Å². The normalized spacial score (nSPS) is 11.8. The first-order chi connectivity index (χ1) is 14.8. The monoisotopic (exact) mass is 443 g/mol. The largest absolute Gasteiger partial charge is 0.492 e. The van der Waals surface area contributed by atoms with Crippen LogP contribution in [0.15, 0.2) is 24.3 Å². The van der Waals surface area contributed by atoms with Crippen molar-refractivity contribution in [3.63, 3.8) is 0 Å². The lowest BCUT2D eigenvalue weighted by molar-refractivity contribution is -0.171. The van der Waals surface area contributed by atoms with E-state index in [9.17, 15) is 18.0 Å². The molecule has 6 heteroatoms. The number of carbonyl (C=O) groups excluding carboxylic acids is 1. The van der Waals surface area contributed by atoms with Gasteiger partial charge in [0.05, 0.1) is 0 Å². The third-order valence-corrected chi connectivity index (χ3v) is 5.52. The molecule has 3 nitrogen and oxygen atoms in total. The smallest absolute Gasteiger partial charge is 0.449 e. The van der Waals surface area contributed by atoms with E-state index in [0.717, 1.165) is 13.1 Å². The molecule has 0 aliphatic carbocycles. The van der Waals surface area contributed by atoms with E-state index in [0.29, 0.717) is 17.9 Å². The zero-order valence-corrected chi connectivity index (χ0v) is 19.3. The van der Waals surface area contributed by atoms with E-state index >= 15 is 0 Å². The van der Waals surface area contributed by atoms with Gasteiger partial charge in [0.25, 0.3) is 0 Å². The second-order valence-electron chi connectivity index (χ2n) is 8.40. The number of carbonyl (C=O) groups is 1. The number of likely N-dealkylation sites (N-methyl/N-ethyl adjacent to an activating group) is 1. The second kappa shape index (κ2) is 16.1. The Morgan fingerprint density at radius 2 is 1.42 bits per heavy atom. The van der Waals surface area contributed by atoms with Gasteiger partial charge in [-0.25, -0.2) is 0 Å². The minimum atomic E-state index is -4.75. The van der Waals surface area contributed by atoms with E-state index in [-0.39, 0.29) is 6.42 Å². The predicted octanol–water partition coefficient (Wildman–Crippen LogP) is 6.98. The molecule has 0 spiro atoms. The molecule has 0 saturated carbocycles. The SMILES string of the molecule is CCCCCCCCCCCCN(C)CCOc1ccc(CCC(=O)C(F)(F)F)cc1. The predicted molar refractivity (Wildman–Crippen MR) is 121 cm³/mol. The number of Topliss-reactive ketones (excluding diaryl/α,β-unsaturated/α-hetero) is 1. The lowest BCUT2D eigenvalue weighted by Gasteiger charge is -2.17. The third-order valence-electron chi connectivity index (χ3n) is 5.52. The van der Waals surface area contributed by atoms with E-state index in [1.807, 2.05) is 0 Å². The Kier molecular flexibility index (Phi) is 14.3. The highest BCUT2D eigenvalue weighted by atomic mass is 19.4. The summed E-state index contributed by atoms with van der Waals surface area (Å²) in [6.07, 6.45) is 8.16. The van der Waals surface area contributed by atoms with Crippen molar-refractivity contribution in [2.45, 2.75) is 90.1 Å². The summed E-state index contributed by atoms with van der Waals surface area (Å²) >= 11 is 0. The molecule has 0 amide bonds. The molecule has 0 aromatic heterocycles. The van der Waals surface area contributed by atoms with Crippen LogP contribution in [0, 0.1) is 0 Å². The van der Waals surface area contributed by atoms with Crippen LogP contribution in [0.4, 0.5) is 13.2 Å². The molecule has 31 heavy (non-hydrogen) atoms. The van der Waals surface area contributed by atoms with Crippen LogP contribution in [-0.2, 0) is 11.2 Å². The number of rotatable bonds is 18. The average Bonchev–Trinajstić information content (AvgIpc) is 2.73. The van der Waals surface area contributed by atoms with Gasteiger partial charge in [0.2, 0.25) is 5.78 Å². The Hall–Kier alpha value is -1.56. The Bertz CT molecular complexity index is 587. The van der Waals surface area contributed by atoms with Crippen molar-refractivity contribution in [1.29, 1.82) is 0 Å². The fourth-order valence-electron chi connectivity index (χ4n) is 3.45. The van der Waals surface area contributed by atoms with Crippen LogP contribution in [0.2, 0.25) is 0 Å². The molecule has 1 rings (SSSR count). The van der Waals surface area contributed by atoms with Gasteiger partial charge in [-0.15, -0.1) is 0 Å². The van der Waals surface area contributed by atoms with E-state index in [2.05, 4.69) is 18.9 Å². The number of benzene rings is 1. The molecule has 0 radical (unpaired) electrons. The Morgan fingerprint density at radius 1 is 0.871 bits per heavy atom. The molecule has 1 aromatic rings.